The van der Waals surface area contributed by atoms with E-state index in [9.17, 15) is 4.79 Å². The maximum Gasteiger partial charge on any atom is 0.335 e. The van der Waals surface area contributed by atoms with Gasteiger partial charge in [0.25, 0.3) is 0 Å². The lowest BCUT2D eigenvalue weighted by Crippen LogP contribution is -1.94. The van der Waals surface area contributed by atoms with Gasteiger partial charge in [-0.25, -0.2) is 9.78 Å². The third-order valence-electron chi connectivity index (χ3n) is 3.30. The van der Waals surface area contributed by atoms with Crippen molar-refractivity contribution in [3.05, 3.63) is 29.6 Å². The van der Waals surface area contributed by atoms with Crippen molar-refractivity contribution in [3.63, 3.8) is 0 Å². The zero-order valence-corrected chi connectivity index (χ0v) is 12.5. The molecule has 2 N–H and O–H groups in total. The Balaban J connectivity index is 0.00000200. The molecule has 110 valence electrons. The molecule has 0 bridgehead atoms. The molecule has 0 unspecified atom stereocenters. The summed E-state index contributed by atoms with van der Waals surface area (Å²) in [6.45, 7) is 2.21. The van der Waals surface area contributed by atoms with Gasteiger partial charge < -0.3 is 10.1 Å². The van der Waals surface area contributed by atoms with Crippen molar-refractivity contribution in [2.24, 2.45) is 0 Å². The van der Waals surface area contributed by atoms with Crippen LogP contribution in [0.5, 0.6) is 0 Å². The first-order valence-electron chi connectivity index (χ1n) is 6.92. The lowest BCUT2D eigenvalue weighted by atomic mass is 10.1. The van der Waals surface area contributed by atoms with Gasteiger partial charge in [-0.05, 0) is 24.6 Å². The van der Waals surface area contributed by atoms with Crippen molar-refractivity contribution in [1.29, 1.82) is 0 Å². The van der Waals surface area contributed by atoms with Crippen LogP contribution >= 0.6 is 12.4 Å². The van der Waals surface area contributed by atoms with Gasteiger partial charge in [-0.2, -0.15) is 0 Å². The number of hydrogen-bond donors (Lipinski definition) is 2. The second-order valence-corrected chi connectivity index (χ2v) is 4.88. The van der Waals surface area contributed by atoms with Crippen LogP contribution in [-0.2, 0) is 6.42 Å². The third-order valence-corrected chi connectivity index (χ3v) is 3.30. The number of unbranched alkanes of at least 4 members (excludes halogenated alkanes) is 4. The average Bonchev–Trinajstić information content (AvgIpc) is 2.80. The molecule has 1 heterocycles. The number of carboxylic acids is 1. The molecule has 2 aromatic rings. The second kappa shape index (κ2) is 7.90. The Bertz CT molecular complexity index is 566. The highest BCUT2D eigenvalue weighted by Crippen LogP contribution is 2.15. The predicted molar refractivity (Wildman–Crippen MR) is 82.8 cm³/mol. The SMILES string of the molecule is CCCCCCCc1nc2ccc(C(=O)O)cc2[nH]1.Cl. The Morgan fingerprint density at radius 3 is 2.70 bits per heavy atom. The molecular formula is C15H21ClN2O2. The van der Waals surface area contributed by atoms with E-state index in [0.717, 1.165) is 29.7 Å². The first-order valence-corrected chi connectivity index (χ1v) is 6.92. The van der Waals surface area contributed by atoms with Crippen LogP contribution in [0.15, 0.2) is 18.2 Å². The lowest BCUT2D eigenvalue weighted by Gasteiger charge is -1.97. The molecule has 0 atom stereocenters. The number of rotatable bonds is 7. The highest BCUT2D eigenvalue weighted by molar-refractivity contribution is 5.92. The predicted octanol–water partition coefficient (Wildman–Crippen LogP) is 4.20. The van der Waals surface area contributed by atoms with E-state index >= 15 is 0 Å². The van der Waals surface area contributed by atoms with Crippen molar-refractivity contribution in [2.45, 2.75) is 45.4 Å². The van der Waals surface area contributed by atoms with E-state index in [1.54, 1.807) is 18.2 Å². The molecule has 0 aliphatic carbocycles. The average molecular weight is 297 g/mol. The molecule has 0 aliphatic heterocycles. The molecule has 0 fully saturated rings. The number of aromatic amines is 1. The summed E-state index contributed by atoms with van der Waals surface area (Å²) < 4.78 is 0. The van der Waals surface area contributed by atoms with Gasteiger partial charge in [0.2, 0.25) is 0 Å². The Labute approximate surface area is 125 Å². The van der Waals surface area contributed by atoms with Crippen LogP contribution in [0.2, 0.25) is 0 Å². The van der Waals surface area contributed by atoms with Gasteiger partial charge in [-0.15, -0.1) is 12.4 Å². The number of imidazole rings is 1. The third kappa shape index (κ3) is 4.23. The lowest BCUT2D eigenvalue weighted by molar-refractivity contribution is 0.0697. The number of aromatic carboxylic acids is 1. The highest BCUT2D eigenvalue weighted by Gasteiger charge is 2.07. The van der Waals surface area contributed by atoms with Crippen molar-refractivity contribution < 1.29 is 9.90 Å². The minimum absolute atomic E-state index is 0. The molecule has 0 radical (unpaired) electrons. The number of fused-ring (bicyclic) bond motifs is 1. The van der Waals surface area contributed by atoms with Crippen LogP contribution in [-0.4, -0.2) is 21.0 Å². The quantitative estimate of drug-likeness (QED) is 0.753. The van der Waals surface area contributed by atoms with Gasteiger partial charge >= 0.3 is 5.97 Å². The minimum Gasteiger partial charge on any atom is -0.478 e. The van der Waals surface area contributed by atoms with Gasteiger partial charge in [0, 0.05) is 6.42 Å². The van der Waals surface area contributed by atoms with E-state index in [4.69, 9.17) is 5.11 Å². The molecular weight excluding hydrogens is 276 g/mol. The summed E-state index contributed by atoms with van der Waals surface area (Å²) in [4.78, 5) is 18.6. The van der Waals surface area contributed by atoms with Gasteiger partial charge in [0.05, 0.1) is 16.6 Å². The molecule has 4 nitrogen and oxygen atoms in total. The minimum atomic E-state index is -0.905. The van der Waals surface area contributed by atoms with Crippen molar-refractivity contribution in [2.75, 3.05) is 0 Å². The van der Waals surface area contributed by atoms with E-state index in [1.165, 1.54) is 25.7 Å². The normalized spacial score (nSPS) is 10.4. The molecule has 0 aliphatic rings. The summed E-state index contributed by atoms with van der Waals surface area (Å²) in [6, 6.07) is 5.00. The Morgan fingerprint density at radius 2 is 2.00 bits per heavy atom. The molecule has 20 heavy (non-hydrogen) atoms. The summed E-state index contributed by atoms with van der Waals surface area (Å²) in [5, 5.41) is 8.94. The summed E-state index contributed by atoms with van der Waals surface area (Å²) >= 11 is 0. The van der Waals surface area contributed by atoms with Crippen molar-refractivity contribution in [1.82, 2.24) is 9.97 Å². The smallest absolute Gasteiger partial charge is 0.335 e. The van der Waals surface area contributed by atoms with Crippen LogP contribution < -0.4 is 0 Å². The Hall–Kier alpha value is -1.55. The highest BCUT2D eigenvalue weighted by atomic mass is 35.5. The number of carboxylic acid groups (broad SMARTS) is 1. The van der Waals surface area contributed by atoms with Gasteiger partial charge in [-0.1, -0.05) is 32.6 Å². The molecule has 0 amide bonds. The number of carbonyl (C=O) groups is 1. The largest absolute Gasteiger partial charge is 0.478 e. The number of nitrogens with zero attached hydrogens (tertiary/aromatic N) is 1. The van der Waals surface area contributed by atoms with Crippen LogP contribution in [0, 0.1) is 0 Å². The summed E-state index contributed by atoms with van der Waals surface area (Å²) in [6.07, 6.45) is 7.11. The molecule has 0 saturated heterocycles. The number of H-pyrrole nitrogens is 1. The van der Waals surface area contributed by atoms with E-state index < -0.39 is 5.97 Å². The van der Waals surface area contributed by atoms with Crippen molar-refractivity contribution >= 4 is 29.4 Å². The molecule has 0 spiro atoms. The first-order chi connectivity index (χ1) is 9.20. The Morgan fingerprint density at radius 1 is 1.25 bits per heavy atom. The number of aromatic nitrogens is 2. The summed E-state index contributed by atoms with van der Waals surface area (Å²) in [7, 11) is 0. The Kier molecular flexibility index (Phi) is 6.52. The monoisotopic (exact) mass is 296 g/mol. The fraction of sp³-hybridized carbons (Fsp3) is 0.467. The summed E-state index contributed by atoms with van der Waals surface area (Å²) in [5.74, 6) is 0.0478. The van der Waals surface area contributed by atoms with E-state index in [1.807, 2.05) is 0 Å². The zero-order chi connectivity index (χ0) is 13.7. The van der Waals surface area contributed by atoms with Crippen LogP contribution in [0.25, 0.3) is 11.0 Å². The van der Waals surface area contributed by atoms with Crippen LogP contribution in [0.4, 0.5) is 0 Å². The van der Waals surface area contributed by atoms with E-state index in [0.29, 0.717) is 5.56 Å². The molecule has 0 saturated carbocycles. The van der Waals surface area contributed by atoms with Gasteiger partial charge in [0.15, 0.2) is 0 Å². The molecule has 1 aromatic carbocycles. The van der Waals surface area contributed by atoms with E-state index in [2.05, 4.69) is 16.9 Å². The molecule has 2 rings (SSSR count). The second-order valence-electron chi connectivity index (χ2n) is 4.88. The van der Waals surface area contributed by atoms with Crippen LogP contribution in [0.1, 0.15) is 55.2 Å². The maximum absolute atomic E-state index is 10.9. The number of nitrogens with one attached hydrogen (secondary N) is 1. The molecule has 5 heteroatoms. The van der Waals surface area contributed by atoms with Gasteiger partial charge in [0.1, 0.15) is 5.82 Å². The maximum atomic E-state index is 10.9. The first kappa shape index (κ1) is 16.5. The standard InChI is InChI=1S/C15H20N2O2.ClH/c1-2-3-4-5-6-7-14-16-12-9-8-11(15(18)19)10-13(12)17-14;/h8-10H,2-7H2,1H3,(H,16,17)(H,18,19);1H. The van der Waals surface area contributed by atoms with E-state index in [-0.39, 0.29) is 12.4 Å². The topological polar surface area (TPSA) is 66.0 Å². The fourth-order valence-electron chi connectivity index (χ4n) is 2.21. The molecule has 1 aromatic heterocycles. The van der Waals surface area contributed by atoms with Crippen molar-refractivity contribution in [3.8, 4) is 0 Å². The number of benzene rings is 1. The summed E-state index contributed by atoms with van der Waals surface area (Å²) in [5.41, 5.74) is 1.95. The number of hydrogen-bond acceptors (Lipinski definition) is 2. The van der Waals surface area contributed by atoms with Crippen LogP contribution in [0.3, 0.4) is 0 Å². The zero-order valence-electron chi connectivity index (χ0n) is 11.7. The van der Waals surface area contributed by atoms with Gasteiger partial charge in [-0.3, -0.25) is 0 Å². The fourth-order valence-corrected chi connectivity index (χ4v) is 2.21. The number of aryl methyl sites for hydroxylation is 1. The number of halogens is 1.